The SMILES string of the molecule is O=C(Oc1ccc(Br)cc1F)N1CCOCC1. The van der Waals surface area contributed by atoms with Crippen molar-refractivity contribution in [2.24, 2.45) is 0 Å². The molecule has 1 aromatic rings. The second-order valence-electron chi connectivity index (χ2n) is 3.54. The van der Waals surface area contributed by atoms with Crippen LogP contribution in [0.15, 0.2) is 22.7 Å². The molecule has 0 unspecified atom stereocenters. The number of rotatable bonds is 1. The van der Waals surface area contributed by atoms with Crippen LogP contribution in [-0.4, -0.2) is 37.3 Å². The van der Waals surface area contributed by atoms with E-state index < -0.39 is 11.9 Å². The fourth-order valence-corrected chi connectivity index (χ4v) is 1.80. The highest BCUT2D eigenvalue weighted by atomic mass is 79.9. The summed E-state index contributed by atoms with van der Waals surface area (Å²) in [7, 11) is 0. The zero-order valence-corrected chi connectivity index (χ0v) is 10.6. The highest BCUT2D eigenvalue weighted by Crippen LogP contribution is 2.22. The summed E-state index contributed by atoms with van der Waals surface area (Å²) >= 11 is 3.13. The van der Waals surface area contributed by atoms with Crippen LogP contribution in [0.25, 0.3) is 0 Å². The van der Waals surface area contributed by atoms with Gasteiger partial charge in [0.1, 0.15) is 0 Å². The van der Waals surface area contributed by atoms with Crippen molar-refractivity contribution in [2.75, 3.05) is 26.3 Å². The lowest BCUT2D eigenvalue weighted by molar-refractivity contribution is 0.0412. The van der Waals surface area contributed by atoms with Gasteiger partial charge in [0, 0.05) is 17.6 Å². The third-order valence-corrected chi connectivity index (χ3v) is 2.85. The zero-order chi connectivity index (χ0) is 12.3. The Labute approximate surface area is 106 Å². The predicted octanol–water partition coefficient (Wildman–Crippen LogP) is 2.42. The third-order valence-electron chi connectivity index (χ3n) is 2.36. The molecule has 0 radical (unpaired) electrons. The van der Waals surface area contributed by atoms with Crippen molar-refractivity contribution >= 4 is 22.0 Å². The molecule has 1 aliphatic rings. The fraction of sp³-hybridized carbons (Fsp3) is 0.364. The summed E-state index contributed by atoms with van der Waals surface area (Å²) in [5, 5.41) is 0. The van der Waals surface area contributed by atoms with Crippen molar-refractivity contribution in [2.45, 2.75) is 0 Å². The lowest BCUT2D eigenvalue weighted by Crippen LogP contribution is -2.42. The molecule has 92 valence electrons. The van der Waals surface area contributed by atoms with Crippen LogP contribution in [0.2, 0.25) is 0 Å². The van der Waals surface area contributed by atoms with Crippen molar-refractivity contribution in [1.82, 2.24) is 4.90 Å². The van der Waals surface area contributed by atoms with Crippen molar-refractivity contribution in [3.8, 4) is 5.75 Å². The quantitative estimate of drug-likeness (QED) is 0.800. The van der Waals surface area contributed by atoms with Crippen LogP contribution in [-0.2, 0) is 4.74 Å². The Bertz CT molecular complexity index is 421. The maximum absolute atomic E-state index is 13.4. The molecule has 1 amide bonds. The lowest BCUT2D eigenvalue weighted by atomic mass is 10.3. The number of hydrogen-bond donors (Lipinski definition) is 0. The molecule has 0 atom stereocenters. The summed E-state index contributed by atoms with van der Waals surface area (Å²) in [6.07, 6.45) is -0.547. The Morgan fingerprint density at radius 3 is 2.76 bits per heavy atom. The van der Waals surface area contributed by atoms with Gasteiger partial charge in [0.25, 0.3) is 0 Å². The van der Waals surface area contributed by atoms with E-state index in [2.05, 4.69) is 15.9 Å². The number of hydrogen-bond acceptors (Lipinski definition) is 3. The van der Waals surface area contributed by atoms with Crippen LogP contribution in [0.3, 0.4) is 0 Å². The number of nitrogens with zero attached hydrogens (tertiary/aromatic N) is 1. The van der Waals surface area contributed by atoms with Gasteiger partial charge >= 0.3 is 6.09 Å². The van der Waals surface area contributed by atoms with Gasteiger partial charge in [-0.15, -0.1) is 0 Å². The summed E-state index contributed by atoms with van der Waals surface area (Å²) in [6.45, 7) is 1.91. The number of ether oxygens (including phenoxy) is 2. The molecule has 0 aliphatic carbocycles. The first-order valence-electron chi connectivity index (χ1n) is 5.16. The van der Waals surface area contributed by atoms with Crippen molar-refractivity contribution in [3.05, 3.63) is 28.5 Å². The average molecular weight is 304 g/mol. The molecule has 0 saturated carbocycles. The first kappa shape index (κ1) is 12.3. The number of carbonyl (C=O) groups is 1. The van der Waals surface area contributed by atoms with Gasteiger partial charge in [0.2, 0.25) is 0 Å². The summed E-state index contributed by atoms with van der Waals surface area (Å²) in [5.74, 6) is -0.634. The first-order valence-corrected chi connectivity index (χ1v) is 5.95. The monoisotopic (exact) mass is 303 g/mol. The highest BCUT2D eigenvalue weighted by Gasteiger charge is 2.19. The highest BCUT2D eigenvalue weighted by molar-refractivity contribution is 9.10. The summed E-state index contributed by atoms with van der Waals surface area (Å²) in [4.78, 5) is 13.2. The Hall–Kier alpha value is -1.14. The zero-order valence-electron chi connectivity index (χ0n) is 8.99. The molecular weight excluding hydrogens is 293 g/mol. The van der Waals surface area contributed by atoms with Crippen LogP contribution >= 0.6 is 15.9 Å². The second-order valence-corrected chi connectivity index (χ2v) is 4.46. The van der Waals surface area contributed by atoms with E-state index in [1.807, 2.05) is 0 Å². The molecule has 0 N–H and O–H groups in total. The Morgan fingerprint density at radius 1 is 1.41 bits per heavy atom. The molecular formula is C11H11BrFNO3. The molecule has 4 nitrogen and oxygen atoms in total. The first-order chi connectivity index (χ1) is 8.16. The van der Waals surface area contributed by atoms with Crippen molar-refractivity contribution in [3.63, 3.8) is 0 Å². The van der Waals surface area contributed by atoms with Gasteiger partial charge < -0.3 is 14.4 Å². The Morgan fingerprint density at radius 2 is 2.12 bits per heavy atom. The number of halogens is 2. The van der Waals surface area contributed by atoms with E-state index in [4.69, 9.17) is 9.47 Å². The minimum Gasteiger partial charge on any atom is -0.407 e. The van der Waals surface area contributed by atoms with Gasteiger partial charge in [0.05, 0.1) is 13.2 Å². The van der Waals surface area contributed by atoms with Crippen molar-refractivity contribution < 1.29 is 18.7 Å². The molecule has 0 aromatic heterocycles. The molecule has 0 bridgehead atoms. The van der Waals surface area contributed by atoms with Crippen LogP contribution in [0.5, 0.6) is 5.75 Å². The van der Waals surface area contributed by atoms with E-state index in [0.717, 1.165) is 0 Å². The molecule has 1 heterocycles. The maximum Gasteiger partial charge on any atom is 0.415 e. The van der Waals surface area contributed by atoms with E-state index in [9.17, 15) is 9.18 Å². The smallest absolute Gasteiger partial charge is 0.407 e. The normalized spacial score (nSPS) is 15.8. The standard InChI is InChI=1S/C11H11BrFNO3/c12-8-1-2-10(9(13)7-8)17-11(15)14-3-5-16-6-4-14/h1-2,7H,3-6H2. The molecule has 1 aromatic carbocycles. The van der Waals surface area contributed by atoms with Gasteiger partial charge in [-0.3, -0.25) is 0 Å². The number of morpholine rings is 1. The molecule has 1 aliphatic heterocycles. The molecule has 0 spiro atoms. The fourth-order valence-electron chi connectivity index (χ4n) is 1.46. The number of amides is 1. The second kappa shape index (κ2) is 5.46. The summed E-state index contributed by atoms with van der Waals surface area (Å²) in [5.41, 5.74) is 0. The third kappa shape index (κ3) is 3.17. The maximum atomic E-state index is 13.4. The van der Waals surface area contributed by atoms with Crippen molar-refractivity contribution in [1.29, 1.82) is 0 Å². The van der Waals surface area contributed by atoms with Gasteiger partial charge in [-0.05, 0) is 18.2 Å². The van der Waals surface area contributed by atoms with E-state index >= 15 is 0 Å². The van der Waals surface area contributed by atoms with E-state index in [1.54, 1.807) is 6.07 Å². The van der Waals surface area contributed by atoms with E-state index in [-0.39, 0.29) is 5.75 Å². The van der Waals surface area contributed by atoms with Crippen LogP contribution in [0, 0.1) is 5.82 Å². The molecule has 1 fully saturated rings. The van der Waals surface area contributed by atoms with E-state index in [1.165, 1.54) is 17.0 Å². The lowest BCUT2D eigenvalue weighted by Gasteiger charge is -2.25. The van der Waals surface area contributed by atoms with Crippen LogP contribution in [0.1, 0.15) is 0 Å². The van der Waals surface area contributed by atoms with Gasteiger partial charge in [-0.2, -0.15) is 0 Å². The number of benzene rings is 1. The van der Waals surface area contributed by atoms with Gasteiger partial charge in [-0.25, -0.2) is 9.18 Å². The van der Waals surface area contributed by atoms with E-state index in [0.29, 0.717) is 30.8 Å². The van der Waals surface area contributed by atoms with Gasteiger partial charge in [-0.1, -0.05) is 15.9 Å². The molecule has 6 heteroatoms. The Kier molecular flexibility index (Phi) is 3.96. The topological polar surface area (TPSA) is 38.8 Å². The average Bonchev–Trinajstić information content (AvgIpc) is 2.34. The molecule has 2 rings (SSSR count). The Balaban J connectivity index is 2.02. The summed E-state index contributed by atoms with van der Waals surface area (Å²) in [6, 6.07) is 4.28. The summed E-state index contributed by atoms with van der Waals surface area (Å²) < 4.78 is 24.1. The minimum atomic E-state index is -0.569. The number of carbonyl (C=O) groups excluding carboxylic acids is 1. The molecule has 17 heavy (non-hydrogen) atoms. The van der Waals surface area contributed by atoms with Gasteiger partial charge in [0.15, 0.2) is 11.6 Å². The largest absolute Gasteiger partial charge is 0.415 e. The minimum absolute atomic E-state index is 0.0651. The predicted molar refractivity (Wildman–Crippen MR) is 62.5 cm³/mol. The van der Waals surface area contributed by atoms with Crippen LogP contribution in [0.4, 0.5) is 9.18 Å². The molecule has 1 saturated heterocycles. The van der Waals surface area contributed by atoms with Crippen LogP contribution < -0.4 is 4.74 Å².